The molecule has 2 aliphatic rings. The maximum absolute atomic E-state index is 12.7. The zero-order valence-electron chi connectivity index (χ0n) is 16.1. The Labute approximate surface area is 178 Å². The topological polar surface area (TPSA) is 126 Å². The second-order valence-electron chi connectivity index (χ2n) is 6.86. The largest absolute Gasteiger partial charge is 0.490 e. The van der Waals surface area contributed by atoms with Crippen LogP contribution in [0.2, 0.25) is 5.02 Å². The van der Waals surface area contributed by atoms with E-state index >= 15 is 0 Å². The molecule has 1 fully saturated rings. The third-order valence-electron chi connectivity index (χ3n) is 4.70. The van der Waals surface area contributed by atoms with Crippen molar-refractivity contribution in [3.8, 4) is 11.8 Å². The van der Waals surface area contributed by atoms with Crippen LogP contribution in [-0.4, -0.2) is 61.8 Å². The van der Waals surface area contributed by atoms with Gasteiger partial charge in [-0.3, -0.25) is 14.4 Å². The summed E-state index contributed by atoms with van der Waals surface area (Å²) in [4.78, 5) is 38.1. The van der Waals surface area contributed by atoms with Crippen LogP contribution in [0.4, 0.5) is 5.69 Å². The van der Waals surface area contributed by atoms with Crippen LogP contribution in [0.3, 0.4) is 0 Å². The zero-order chi connectivity index (χ0) is 21.7. The molecule has 0 bridgehead atoms. The summed E-state index contributed by atoms with van der Waals surface area (Å²) in [5, 5.41) is 18.0. The number of carbonyl (C=O) groups is 3. The van der Waals surface area contributed by atoms with E-state index in [2.05, 4.69) is 0 Å². The highest BCUT2D eigenvalue weighted by atomic mass is 35.5. The van der Waals surface area contributed by atoms with Crippen LogP contribution in [0.15, 0.2) is 12.1 Å². The normalized spacial score (nSPS) is 18.1. The number of ketones is 1. The zero-order valence-corrected chi connectivity index (χ0v) is 16.9. The standard InChI is InChI=1S/C20H21ClN2O7/c21-14-11-15-13(10-16(14)30-9-8-29-7-6-28-5-1-4-22)18(24)17(20(26)27)19(25)23(15)12-2-3-12/h10-12,17H,1-3,5-9H2,(H,26,27). The number of aliphatic carboxylic acids is 1. The molecule has 0 aromatic heterocycles. The second kappa shape index (κ2) is 9.89. The fourth-order valence-corrected chi connectivity index (χ4v) is 3.37. The van der Waals surface area contributed by atoms with E-state index in [1.165, 1.54) is 17.0 Å². The second-order valence-corrected chi connectivity index (χ2v) is 7.26. The lowest BCUT2D eigenvalue weighted by Gasteiger charge is -2.32. The summed E-state index contributed by atoms with van der Waals surface area (Å²) >= 11 is 6.28. The van der Waals surface area contributed by atoms with Crippen LogP contribution in [0.5, 0.6) is 5.75 Å². The molecule has 0 saturated heterocycles. The number of ether oxygens (including phenoxy) is 3. The minimum atomic E-state index is -1.75. The molecule has 30 heavy (non-hydrogen) atoms. The quantitative estimate of drug-likeness (QED) is 0.412. The molecule has 1 amide bonds. The van der Waals surface area contributed by atoms with Gasteiger partial charge in [-0.25, -0.2) is 0 Å². The molecule has 1 heterocycles. The van der Waals surface area contributed by atoms with Gasteiger partial charge in [-0.2, -0.15) is 5.26 Å². The molecule has 1 aliphatic heterocycles. The number of rotatable bonds is 11. The first-order valence-corrected chi connectivity index (χ1v) is 9.92. The van der Waals surface area contributed by atoms with Crippen molar-refractivity contribution >= 4 is 34.9 Å². The Morgan fingerprint density at radius 3 is 2.47 bits per heavy atom. The highest BCUT2D eigenvalue weighted by Gasteiger charge is 2.48. The van der Waals surface area contributed by atoms with Gasteiger partial charge >= 0.3 is 5.97 Å². The van der Waals surface area contributed by atoms with Crippen molar-refractivity contribution < 1.29 is 33.7 Å². The molecule has 1 aliphatic carbocycles. The fraction of sp³-hybridized carbons (Fsp3) is 0.500. The number of carboxylic acids is 1. The van der Waals surface area contributed by atoms with E-state index in [4.69, 9.17) is 31.1 Å². The minimum Gasteiger partial charge on any atom is -0.490 e. The number of nitriles is 1. The summed E-state index contributed by atoms with van der Waals surface area (Å²) in [5.41, 5.74) is 0.438. The van der Waals surface area contributed by atoms with Crippen LogP contribution in [-0.2, 0) is 19.1 Å². The van der Waals surface area contributed by atoms with Gasteiger partial charge in [0.05, 0.1) is 49.6 Å². The maximum Gasteiger partial charge on any atom is 0.324 e. The summed E-state index contributed by atoms with van der Waals surface area (Å²) in [5.74, 6) is -4.50. The number of hydrogen-bond acceptors (Lipinski definition) is 7. The van der Waals surface area contributed by atoms with E-state index in [0.29, 0.717) is 31.9 Å². The predicted octanol–water partition coefficient (Wildman–Crippen LogP) is 2.06. The van der Waals surface area contributed by atoms with Crippen molar-refractivity contribution in [2.24, 2.45) is 5.92 Å². The number of carbonyl (C=O) groups excluding carboxylic acids is 2. The van der Waals surface area contributed by atoms with Gasteiger partial charge in [0.15, 0.2) is 11.7 Å². The van der Waals surface area contributed by atoms with Crippen molar-refractivity contribution in [1.29, 1.82) is 5.26 Å². The molecule has 3 rings (SSSR count). The van der Waals surface area contributed by atoms with E-state index in [1.54, 1.807) is 0 Å². The van der Waals surface area contributed by atoms with Crippen LogP contribution < -0.4 is 9.64 Å². The Morgan fingerprint density at radius 1 is 1.17 bits per heavy atom. The Hall–Kier alpha value is -2.67. The lowest BCUT2D eigenvalue weighted by atomic mass is 9.90. The molecule has 0 spiro atoms. The highest BCUT2D eigenvalue weighted by molar-refractivity contribution is 6.35. The van der Waals surface area contributed by atoms with E-state index in [9.17, 15) is 19.5 Å². The number of halogens is 1. The average molecular weight is 437 g/mol. The molecular formula is C20H21ClN2O7. The molecular weight excluding hydrogens is 416 g/mol. The Kier molecular flexibility index (Phi) is 7.26. The van der Waals surface area contributed by atoms with E-state index in [-0.39, 0.29) is 35.6 Å². The highest BCUT2D eigenvalue weighted by Crippen LogP contribution is 2.43. The monoisotopic (exact) mass is 436 g/mol. The van der Waals surface area contributed by atoms with Crippen molar-refractivity contribution in [3.63, 3.8) is 0 Å². The first kappa shape index (κ1) is 22.0. The summed E-state index contributed by atoms with van der Waals surface area (Å²) in [6.07, 6.45) is 1.82. The first-order valence-electron chi connectivity index (χ1n) is 9.54. The van der Waals surface area contributed by atoms with Gasteiger partial charge in [0.2, 0.25) is 5.91 Å². The molecule has 1 N–H and O–H groups in total. The number of nitrogens with zero attached hydrogens (tertiary/aromatic N) is 2. The Bertz CT molecular complexity index is 879. The molecule has 0 radical (unpaired) electrons. The number of benzene rings is 1. The summed E-state index contributed by atoms with van der Waals surface area (Å²) in [7, 11) is 0. The SMILES string of the molecule is N#CCCOCCOCCOc1cc2c(cc1Cl)N(C1CC1)C(=O)C(C(=O)O)C2=O. The van der Waals surface area contributed by atoms with Gasteiger partial charge in [-0.1, -0.05) is 11.6 Å². The number of hydrogen-bond donors (Lipinski definition) is 1. The summed E-state index contributed by atoms with van der Waals surface area (Å²) < 4.78 is 16.1. The molecule has 1 atom stereocenters. The third-order valence-corrected chi connectivity index (χ3v) is 4.99. The molecule has 9 nitrogen and oxygen atoms in total. The molecule has 160 valence electrons. The summed E-state index contributed by atoms with van der Waals surface area (Å²) in [6.45, 7) is 1.44. The molecule has 10 heteroatoms. The number of anilines is 1. The lowest BCUT2D eigenvalue weighted by Crippen LogP contribution is -2.49. The van der Waals surface area contributed by atoms with Gasteiger partial charge in [-0.15, -0.1) is 0 Å². The van der Waals surface area contributed by atoms with Gasteiger partial charge in [0.1, 0.15) is 12.4 Å². The van der Waals surface area contributed by atoms with E-state index < -0.39 is 23.6 Å². The smallest absolute Gasteiger partial charge is 0.324 e. The number of Topliss-reactive ketones (excluding diaryl/α,β-unsaturated/α-hetero) is 1. The number of amides is 1. The minimum absolute atomic E-state index is 0.111. The summed E-state index contributed by atoms with van der Waals surface area (Å²) in [6, 6.07) is 4.73. The Morgan fingerprint density at radius 2 is 1.83 bits per heavy atom. The molecule has 1 aromatic rings. The molecule has 1 unspecified atom stereocenters. The van der Waals surface area contributed by atoms with Crippen LogP contribution in [0.1, 0.15) is 29.6 Å². The molecule has 1 aromatic carbocycles. The van der Waals surface area contributed by atoms with Gasteiger partial charge in [-0.05, 0) is 25.0 Å². The van der Waals surface area contributed by atoms with Gasteiger partial charge in [0, 0.05) is 11.6 Å². The van der Waals surface area contributed by atoms with Crippen molar-refractivity contribution in [2.45, 2.75) is 25.3 Å². The number of fused-ring (bicyclic) bond motifs is 1. The maximum atomic E-state index is 12.7. The van der Waals surface area contributed by atoms with E-state index in [0.717, 1.165) is 12.8 Å². The van der Waals surface area contributed by atoms with Gasteiger partial charge in [0.25, 0.3) is 0 Å². The molecule has 1 saturated carbocycles. The Balaban J connectivity index is 1.63. The number of carboxylic acid groups (broad SMARTS) is 1. The van der Waals surface area contributed by atoms with Crippen molar-refractivity contribution in [2.75, 3.05) is 37.9 Å². The van der Waals surface area contributed by atoms with Crippen LogP contribution in [0.25, 0.3) is 0 Å². The van der Waals surface area contributed by atoms with Crippen LogP contribution >= 0.6 is 11.6 Å². The predicted molar refractivity (Wildman–Crippen MR) is 105 cm³/mol. The van der Waals surface area contributed by atoms with Crippen molar-refractivity contribution in [1.82, 2.24) is 0 Å². The van der Waals surface area contributed by atoms with Crippen LogP contribution in [0, 0.1) is 17.2 Å². The third kappa shape index (κ3) is 4.90. The average Bonchev–Trinajstić information content (AvgIpc) is 3.52. The lowest BCUT2D eigenvalue weighted by molar-refractivity contribution is -0.144. The van der Waals surface area contributed by atoms with E-state index in [1.807, 2.05) is 6.07 Å². The fourth-order valence-electron chi connectivity index (χ4n) is 3.15. The van der Waals surface area contributed by atoms with Crippen molar-refractivity contribution in [3.05, 3.63) is 22.7 Å². The first-order chi connectivity index (χ1) is 14.5. The van der Waals surface area contributed by atoms with Gasteiger partial charge < -0.3 is 24.2 Å².